The maximum absolute atomic E-state index is 5.85. The molecule has 114 valence electrons. The Morgan fingerprint density at radius 2 is 2.20 bits per heavy atom. The lowest BCUT2D eigenvalue weighted by molar-refractivity contribution is 0.0603. The van der Waals surface area contributed by atoms with Gasteiger partial charge in [0.1, 0.15) is 12.2 Å². The summed E-state index contributed by atoms with van der Waals surface area (Å²) in [6.45, 7) is 12.7. The molecule has 1 N–H and O–H groups in total. The number of nitrogens with zero attached hydrogens (tertiary/aromatic N) is 3. The zero-order valence-corrected chi connectivity index (χ0v) is 13.4. The highest BCUT2D eigenvalue weighted by Crippen LogP contribution is 2.37. The summed E-state index contributed by atoms with van der Waals surface area (Å²) in [4.78, 5) is 4.48. The van der Waals surface area contributed by atoms with Crippen molar-refractivity contribution >= 4 is 0 Å². The van der Waals surface area contributed by atoms with E-state index in [1.54, 1.807) is 6.33 Å². The van der Waals surface area contributed by atoms with Crippen LogP contribution in [0.25, 0.3) is 0 Å². The highest BCUT2D eigenvalue weighted by molar-refractivity contribution is 5.01. The molecule has 1 aliphatic heterocycles. The van der Waals surface area contributed by atoms with E-state index in [1.165, 1.54) is 0 Å². The normalized spacial score (nSPS) is 26.9. The van der Waals surface area contributed by atoms with Crippen LogP contribution in [0.2, 0.25) is 0 Å². The Morgan fingerprint density at radius 3 is 2.75 bits per heavy atom. The fraction of sp³-hybridized carbons (Fsp3) is 0.867. The van der Waals surface area contributed by atoms with Crippen molar-refractivity contribution in [2.75, 3.05) is 13.2 Å². The van der Waals surface area contributed by atoms with Crippen LogP contribution in [0.5, 0.6) is 0 Å². The van der Waals surface area contributed by atoms with Crippen molar-refractivity contribution in [3.8, 4) is 0 Å². The van der Waals surface area contributed by atoms with Crippen molar-refractivity contribution in [1.82, 2.24) is 20.1 Å². The van der Waals surface area contributed by atoms with Gasteiger partial charge < -0.3 is 10.1 Å². The molecule has 1 aromatic heterocycles. The first-order valence-electron chi connectivity index (χ1n) is 7.68. The Hall–Kier alpha value is -0.940. The van der Waals surface area contributed by atoms with E-state index >= 15 is 0 Å². The second kappa shape index (κ2) is 6.22. The zero-order valence-electron chi connectivity index (χ0n) is 13.4. The lowest BCUT2D eigenvalue weighted by atomic mass is 9.78. The van der Waals surface area contributed by atoms with Crippen LogP contribution in [0.3, 0.4) is 0 Å². The molecule has 0 radical (unpaired) electrons. The van der Waals surface area contributed by atoms with Gasteiger partial charge in [-0.05, 0) is 27.2 Å². The smallest absolute Gasteiger partial charge is 0.138 e. The van der Waals surface area contributed by atoms with Crippen LogP contribution in [-0.4, -0.2) is 40.1 Å². The minimum atomic E-state index is 0.129. The first kappa shape index (κ1) is 15.4. The highest BCUT2D eigenvalue weighted by atomic mass is 16.5. The molecule has 2 heterocycles. The van der Waals surface area contributed by atoms with E-state index in [9.17, 15) is 0 Å². The monoisotopic (exact) mass is 280 g/mol. The van der Waals surface area contributed by atoms with Crippen LogP contribution in [0, 0.1) is 5.41 Å². The van der Waals surface area contributed by atoms with Crippen LogP contribution >= 0.6 is 0 Å². The van der Waals surface area contributed by atoms with E-state index in [1.807, 2.05) is 4.68 Å². The SMILES string of the molecule is CC(C)NCC1(Cc2ncnn2C(C)C)CCOC1C. The minimum Gasteiger partial charge on any atom is -0.378 e. The molecule has 2 unspecified atom stereocenters. The van der Waals surface area contributed by atoms with Gasteiger partial charge >= 0.3 is 0 Å². The van der Waals surface area contributed by atoms with Crippen LogP contribution in [-0.2, 0) is 11.2 Å². The Labute approximate surface area is 122 Å². The second-order valence-electron chi connectivity index (χ2n) is 6.55. The van der Waals surface area contributed by atoms with Gasteiger partial charge in [0, 0.05) is 37.1 Å². The summed E-state index contributed by atoms with van der Waals surface area (Å²) in [6.07, 6.45) is 3.93. The summed E-state index contributed by atoms with van der Waals surface area (Å²) in [5.41, 5.74) is 0.129. The average molecular weight is 280 g/mol. The second-order valence-corrected chi connectivity index (χ2v) is 6.55. The lowest BCUT2D eigenvalue weighted by Gasteiger charge is -2.33. The van der Waals surface area contributed by atoms with Crippen molar-refractivity contribution in [3.63, 3.8) is 0 Å². The molecule has 5 nitrogen and oxygen atoms in total. The summed E-state index contributed by atoms with van der Waals surface area (Å²) >= 11 is 0. The number of nitrogens with one attached hydrogen (secondary N) is 1. The van der Waals surface area contributed by atoms with Crippen LogP contribution in [0.4, 0.5) is 0 Å². The molecule has 0 spiro atoms. The molecule has 0 amide bonds. The first-order valence-corrected chi connectivity index (χ1v) is 7.68. The Morgan fingerprint density at radius 1 is 1.45 bits per heavy atom. The minimum absolute atomic E-state index is 0.129. The van der Waals surface area contributed by atoms with Crippen molar-refractivity contribution < 1.29 is 4.74 Å². The number of rotatable bonds is 6. The fourth-order valence-corrected chi connectivity index (χ4v) is 2.90. The number of aromatic nitrogens is 3. The van der Waals surface area contributed by atoms with Gasteiger partial charge in [-0.25, -0.2) is 9.67 Å². The van der Waals surface area contributed by atoms with E-state index in [4.69, 9.17) is 4.74 Å². The molecule has 0 bridgehead atoms. The zero-order chi connectivity index (χ0) is 14.8. The molecule has 2 rings (SSSR count). The molecule has 1 aromatic rings. The van der Waals surface area contributed by atoms with Crippen molar-refractivity contribution in [1.29, 1.82) is 0 Å². The molecule has 2 atom stereocenters. The molecule has 1 fully saturated rings. The Balaban J connectivity index is 2.17. The first-order chi connectivity index (χ1) is 9.44. The van der Waals surface area contributed by atoms with Crippen molar-refractivity contribution in [2.24, 2.45) is 5.41 Å². The quantitative estimate of drug-likeness (QED) is 0.868. The molecular weight excluding hydrogens is 252 g/mol. The van der Waals surface area contributed by atoms with Gasteiger partial charge in [-0.15, -0.1) is 0 Å². The standard InChI is InChI=1S/C15H28N4O/c1-11(2)16-9-15(6-7-20-13(15)5)8-14-17-10-18-19(14)12(3)4/h10-13,16H,6-9H2,1-5H3. The molecule has 1 saturated heterocycles. The van der Waals surface area contributed by atoms with E-state index < -0.39 is 0 Å². The summed E-state index contributed by atoms with van der Waals surface area (Å²) < 4.78 is 7.88. The molecular formula is C15H28N4O. The van der Waals surface area contributed by atoms with Gasteiger partial charge in [0.25, 0.3) is 0 Å². The topological polar surface area (TPSA) is 52.0 Å². The molecule has 5 heteroatoms. The Kier molecular flexibility index (Phi) is 4.81. The summed E-state index contributed by atoms with van der Waals surface area (Å²) in [5.74, 6) is 1.07. The maximum atomic E-state index is 5.85. The fourth-order valence-electron chi connectivity index (χ4n) is 2.90. The molecule has 1 aliphatic rings. The summed E-state index contributed by atoms with van der Waals surface area (Å²) in [6, 6.07) is 0.836. The highest BCUT2D eigenvalue weighted by Gasteiger charge is 2.42. The molecule has 20 heavy (non-hydrogen) atoms. The predicted octanol–water partition coefficient (Wildman–Crippen LogP) is 2.19. The third kappa shape index (κ3) is 3.20. The number of hydrogen-bond donors (Lipinski definition) is 1. The molecule has 0 aliphatic carbocycles. The van der Waals surface area contributed by atoms with Gasteiger partial charge in [0.15, 0.2) is 0 Å². The third-order valence-corrected chi connectivity index (χ3v) is 4.34. The van der Waals surface area contributed by atoms with Crippen LogP contribution in [0.15, 0.2) is 6.33 Å². The van der Waals surface area contributed by atoms with Crippen molar-refractivity contribution in [2.45, 2.75) is 65.6 Å². The lowest BCUT2D eigenvalue weighted by Crippen LogP contribution is -2.44. The van der Waals surface area contributed by atoms with Crippen LogP contribution in [0.1, 0.15) is 52.9 Å². The van der Waals surface area contributed by atoms with Gasteiger partial charge in [0.05, 0.1) is 6.10 Å². The Bertz CT molecular complexity index is 429. The largest absolute Gasteiger partial charge is 0.378 e. The van der Waals surface area contributed by atoms with Gasteiger partial charge in [-0.3, -0.25) is 0 Å². The summed E-state index contributed by atoms with van der Waals surface area (Å²) in [5, 5.41) is 7.94. The van der Waals surface area contributed by atoms with Crippen LogP contribution < -0.4 is 5.32 Å². The van der Waals surface area contributed by atoms with Gasteiger partial charge in [-0.2, -0.15) is 5.10 Å². The van der Waals surface area contributed by atoms with E-state index in [2.05, 4.69) is 50.0 Å². The average Bonchev–Trinajstić information content (AvgIpc) is 2.96. The van der Waals surface area contributed by atoms with E-state index in [0.717, 1.165) is 31.8 Å². The molecule has 0 saturated carbocycles. The predicted molar refractivity (Wildman–Crippen MR) is 79.7 cm³/mol. The van der Waals surface area contributed by atoms with Gasteiger partial charge in [-0.1, -0.05) is 13.8 Å². The number of hydrogen-bond acceptors (Lipinski definition) is 4. The maximum Gasteiger partial charge on any atom is 0.138 e. The van der Waals surface area contributed by atoms with E-state index in [0.29, 0.717) is 12.1 Å². The molecule has 0 aromatic carbocycles. The van der Waals surface area contributed by atoms with Crippen molar-refractivity contribution in [3.05, 3.63) is 12.2 Å². The third-order valence-electron chi connectivity index (χ3n) is 4.34. The number of ether oxygens (including phenoxy) is 1. The van der Waals surface area contributed by atoms with E-state index in [-0.39, 0.29) is 11.5 Å². The summed E-state index contributed by atoms with van der Waals surface area (Å²) in [7, 11) is 0. The van der Waals surface area contributed by atoms with Gasteiger partial charge in [0.2, 0.25) is 0 Å².